The Bertz CT molecular complexity index is 678. The fourth-order valence-corrected chi connectivity index (χ4v) is 3.43. The highest BCUT2D eigenvalue weighted by atomic mass is 32.2. The van der Waals surface area contributed by atoms with Crippen molar-refractivity contribution in [3.63, 3.8) is 0 Å². The molecular formula is C19H26N2O6S. The predicted octanol–water partition coefficient (Wildman–Crippen LogP) is 0.945. The zero-order valence-electron chi connectivity index (χ0n) is 16.1. The molecule has 1 N–H and O–H groups in total. The molecule has 9 heteroatoms. The number of methoxy groups -OCH3 is 1. The molecule has 1 aromatic carbocycles. The summed E-state index contributed by atoms with van der Waals surface area (Å²) in [5.41, 5.74) is 0.332. The Morgan fingerprint density at radius 3 is 2.68 bits per heavy atom. The number of hydrogen-bond donors (Lipinski definition) is 1. The minimum absolute atomic E-state index is 0.152. The topological polar surface area (TPSA) is 94.2 Å². The van der Waals surface area contributed by atoms with Crippen LogP contribution in [0.15, 0.2) is 29.2 Å². The molecule has 0 bridgehead atoms. The van der Waals surface area contributed by atoms with E-state index >= 15 is 0 Å². The average molecular weight is 410 g/mol. The lowest BCUT2D eigenvalue weighted by Crippen LogP contribution is -2.46. The molecule has 1 saturated heterocycles. The Kier molecular flexibility index (Phi) is 9.26. The summed E-state index contributed by atoms with van der Waals surface area (Å²) in [6.07, 6.45) is -0.888. The summed E-state index contributed by atoms with van der Waals surface area (Å²) >= 11 is 1.24. The number of ether oxygens (including phenoxy) is 3. The van der Waals surface area contributed by atoms with Gasteiger partial charge in [0.1, 0.15) is 0 Å². The Hall–Kier alpha value is -2.10. The highest BCUT2D eigenvalue weighted by molar-refractivity contribution is 8.00. The lowest BCUT2D eigenvalue weighted by Gasteiger charge is -2.29. The lowest BCUT2D eigenvalue weighted by atomic mass is 10.2. The maximum Gasteiger partial charge on any atom is 0.340 e. The van der Waals surface area contributed by atoms with E-state index in [1.54, 1.807) is 43.2 Å². The molecule has 1 aromatic rings. The number of benzene rings is 1. The second-order valence-electron chi connectivity index (χ2n) is 6.11. The van der Waals surface area contributed by atoms with E-state index in [1.807, 2.05) is 0 Å². The van der Waals surface area contributed by atoms with Gasteiger partial charge in [-0.2, -0.15) is 0 Å². The van der Waals surface area contributed by atoms with Crippen LogP contribution < -0.4 is 5.32 Å². The van der Waals surface area contributed by atoms with Crippen LogP contribution >= 0.6 is 11.8 Å². The predicted molar refractivity (Wildman–Crippen MR) is 104 cm³/mol. The third kappa shape index (κ3) is 6.81. The van der Waals surface area contributed by atoms with Crippen LogP contribution in [-0.4, -0.2) is 81.1 Å². The molecule has 154 valence electrons. The summed E-state index contributed by atoms with van der Waals surface area (Å²) in [6, 6.07) is 6.87. The first kappa shape index (κ1) is 22.2. The summed E-state index contributed by atoms with van der Waals surface area (Å²) in [5.74, 6) is -0.812. The monoisotopic (exact) mass is 410 g/mol. The van der Waals surface area contributed by atoms with Crippen molar-refractivity contribution in [1.29, 1.82) is 0 Å². The highest BCUT2D eigenvalue weighted by Crippen LogP contribution is 2.23. The van der Waals surface area contributed by atoms with Crippen molar-refractivity contribution in [3.05, 3.63) is 29.8 Å². The zero-order valence-corrected chi connectivity index (χ0v) is 17.0. The number of esters is 1. The second kappa shape index (κ2) is 11.7. The van der Waals surface area contributed by atoms with Gasteiger partial charge >= 0.3 is 5.97 Å². The van der Waals surface area contributed by atoms with Crippen LogP contribution in [-0.2, 0) is 23.8 Å². The molecule has 1 atom stereocenters. The minimum atomic E-state index is -0.888. The van der Waals surface area contributed by atoms with Crippen molar-refractivity contribution in [2.24, 2.45) is 0 Å². The smallest absolute Gasteiger partial charge is 0.340 e. The quantitative estimate of drug-likeness (QED) is 0.368. The largest absolute Gasteiger partial charge is 0.449 e. The Balaban J connectivity index is 1.92. The Labute approximate surface area is 168 Å². The van der Waals surface area contributed by atoms with Gasteiger partial charge < -0.3 is 24.4 Å². The van der Waals surface area contributed by atoms with Crippen molar-refractivity contribution in [1.82, 2.24) is 10.2 Å². The van der Waals surface area contributed by atoms with E-state index in [2.05, 4.69) is 5.32 Å². The van der Waals surface area contributed by atoms with Crippen molar-refractivity contribution in [3.8, 4) is 0 Å². The molecule has 0 saturated carbocycles. The van der Waals surface area contributed by atoms with E-state index in [0.717, 1.165) is 0 Å². The molecule has 0 aliphatic carbocycles. The fraction of sp³-hybridized carbons (Fsp3) is 0.526. The van der Waals surface area contributed by atoms with E-state index in [-0.39, 0.29) is 17.6 Å². The first-order chi connectivity index (χ1) is 13.5. The number of amides is 2. The number of nitrogens with zero attached hydrogens (tertiary/aromatic N) is 1. The van der Waals surface area contributed by atoms with Gasteiger partial charge in [0.05, 0.1) is 31.1 Å². The first-order valence-electron chi connectivity index (χ1n) is 9.08. The van der Waals surface area contributed by atoms with Crippen molar-refractivity contribution in [2.45, 2.75) is 17.9 Å². The standard InChI is InChI=1S/C19H26N2O6S/c1-14(18(23)21-8-11-26-12-9-21)27-19(24)15-5-3-4-6-16(15)28-13-17(22)20-7-10-25-2/h3-6,14H,7-13H2,1-2H3,(H,20,22). The van der Waals surface area contributed by atoms with Gasteiger partial charge in [-0.3, -0.25) is 9.59 Å². The van der Waals surface area contributed by atoms with E-state index < -0.39 is 12.1 Å². The molecular weight excluding hydrogens is 384 g/mol. The van der Waals surface area contributed by atoms with Crippen molar-refractivity contribution >= 4 is 29.5 Å². The second-order valence-corrected chi connectivity index (χ2v) is 7.13. The zero-order chi connectivity index (χ0) is 20.4. The van der Waals surface area contributed by atoms with Crippen LogP contribution in [0.4, 0.5) is 0 Å². The van der Waals surface area contributed by atoms with Gasteiger partial charge in [0, 0.05) is 31.6 Å². The van der Waals surface area contributed by atoms with Crippen LogP contribution in [0.2, 0.25) is 0 Å². The lowest BCUT2D eigenvalue weighted by molar-refractivity contribution is -0.143. The summed E-state index contributed by atoms with van der Waals surface area (Å²) in [7, 11) is 1.56. The van der Waals surface area contributed by atoms with Gasteiger partial charge in [-0.15, -0.1) is 11.8 Å². The molecule has 1 heterocycles. The average Bonchev–Trinajstić information content (AvgIpc) is 2.72. The molecule has 1 aliphatic rings. The summed E-state index contributed by atoms with van der Waals surface area (Å²) in [6.45, 7) is 4.39. The van der Waals surface area contributed by atoms with E-state index in [0.29, 0.717) is 49.9 Å². The van der Waals surface area contributed by atoms with E-state index in [9.17, 15) is 14.4 Å². The van der Waals surface area contributed by atoms with Gasteiger partial charge in [-0.05, 0) is 19.1 Å². The number of nitrogens with one attached hydrogen (secondary N) is 1. The van der Waals surface area contributed by atoms with Crippen LogP contribution in [0.3, 0.4) is 0 Å². The van der Waals surface area contributed by atoms with Gasteiger partial charge in [-0.25, -0.2) is 4.79 Å². The molecule has 0 aromatic heterocycles. The molecule has 1 fully saturated rings. The number of carbonyl (C=O) groups excluding carboxylic acids is 3. The normalized spacial score (nSPS) is 15.0. The molecule has 1 unspecified atom stereocenters. The van der Waals surface area contributed by atoms with Crippen LogP contribution in [0, 0.1) is 0 Å². The summed E-state index contributed by atoms with van der Waals surface area (Å²) < 4.78 is 15.5. The Morgan fingerprint density at radius 2 is 1.96 bits per heavy atom. The van der Waals surface area contributed by atoms with Crippen LogP contribution in [0.25, 0.3) is 0 Å². The van der Waals surface area contributed by atoms with Crippen molar-refractivity contribution in [2.75, 3.05) is 52.3 Å². The number of morpholine rings is 1. The molecule has 1 aliphatic heterocycles. The van der Waals surface area contributed by atoms with Gasteiger partial charge in [-0.1, -0.05) is 12.1 Å². The van der Waals surface area contributed by atoms with Gasteiger partial charge in [0.2, 0.25) is 5.91 Å². The van der Waals surface area contributed by atoms with Crippen molar-refractivity contribution < 1.29 is 28.6 Å². The number of carbonyl (C=O) groups is 3. The fourth-order valence-electron chi connectivity index (χ4n) is 2.56. The molecule has 2 rings (SSSR count). The molecule has 28 heavy (non-hydrogen) atoms. The van der Waals surface area contributed by atoms with E-state index in [1.165, 1.54) is 11.8 Å². The Morgan fingerprint density at radius 1 is 1.25 bits per heavy atom. The SMILES string of the molecule is COCCNC(=O)CSc1ccccc1C(=O)OC(C)C(=O)N1CCOCC1. The third-order valence-electron chi connectivity index (χ3n) is 4.05. The minimum Gasteiger partial charge on any atom is -0.449 e. The molecule has 0 radical (unpaired) electrons. The van der Waals surface area contributed by atoms with Crippen LogP contribution in [0.5, 0.6) is 0 Å². The molecule has 2 amide bonds. The van der Waals surface area contributed by atoms with Gasteiger partial charge in [0.25, 0.3) is 5.91 Å². The first-order valence-corrected chi connectivity index (χ1v) is 10.1. The third-order valence-corrected chi connectivity index (χ3v) is 5.12. The summed E-state index contributed by atoms with van der Waals surface area (Å²) in [5, 5.41) is 2.72. The number of rotatable bonds is 9. The summed E-state index contributed by atoms with van der Waals surface area (Å²) in [4.78, 5) is 39.1. The highest BCUT2D eigenvalue weighted by Gasteiger charge is 2.26. The number of thioether (sulfide) groups is 1. The number of hydrogen-bond acceptors (Lipinski definition) is 7. The van der Waals surface area contributed by atoms with E-state index in [4.69, 9.17) is 14.2 Å². The molecule has 0 spiro atoms. The molecule has 8 nitrogen and oxygen atoms in total. The van der Waals surface area contributed by atoms with Gasteiger partial charge in [0.15, 0.2) is 6.10 Å². The maximum absolute atomic E-state index is 12.6. The van der Waals surface area contributed by atoms with Crippen LogP contribution in [0.1, 0.15) is 17.3 Å². The maximum atomic E-state index is 12.6.